The van der Waals surface area contributed by atoms with Crippen LogP contribution in [0.1, 0.15) is 20.8 Å². The second-order valence-electron chi connectivity index (χ2n) is 7.76. The lowest BCUT2D eigenvalue weighted by molar-refractivity contribution is 0.00107. The summed E-state index contributed by atoms with van der Waals surface area (Å²) in [7, 11) is 4.00. The van der Waals surface area contributed by atoms with Crippen LogP contribution in [0.25, 0.3) is 0 Å². The Balaban J connectivity index is 0.000000293. The van der Waals surface area contributed by atoms with Crippen molar-refractivity contribution in [3.63, 3.8) is 0 Å². The van der Waals surface area contributed by atoms with E-state index in [1.54, 1.807) is 4.90 Å². The molecule has 25 heavy (non-hydrogen) atoms. The number of ether oxygens (including phenoxy) is 1. The lowest BCUT2D eigenvalue weighted by Gasteiger charge is -2.38. The normalized spacial score (nSPS) is 26.0. The quantitative estimate of drug-likeness (QED) is 0.607. The number of hydrogen-bond donors (Lipinski definition) is 3. The Morgan fingerprint density at radius 2 is 1.68 bits per heavy atom. The molecule has 2 saturated heterocycles. The molecule has 8 heteroatoms. The molecule has 2 rings (SSSR count). The molecule has 0 unspecified atom stereocenters. The number of hydrogen-bond acceptors (Lipinski definition) is 7. The van der Waals surface area contributed by atoms with Crippen LogP contribution >= 0.6 is 0 Å². The van der Waals surface area contributed by atoms with Gasteiger partial charge in [-0.05, 0) is 34.9 Å². The molecule has 0 radical (unpaired) electrons. The molecule has 2 aliphatic heterocycles. The van der Waals surface area contributed by atoms with E-state index in [2.05, 4.69) is 15.1 Å². The molecule has 148 valence electrons. The molecule has 2 heterocycles. The molecular weight excluding hydrogens is 324 g/mol. The molecule has 1 amide bonds. The van der Waals surface area contributed by atoms with Gasteiger partial charge >= 0.3 is 6.09 Å². The van der Waals surface area contributed by atoms with E-state index in [-0.39, 0.29) is 25.3 Å². The van der Waals surface area contributed by atoms with E-state index in [1.807, 2.05) is 34.9 Å². The molecular formula is C17H36N4O4. The highest BCUT2D eigenvalue weighted by atomic mass is 16.6. The summed E-state index contributed by atoms with van der Waals surface area (Å²) < 4.78 is 5.29. The van der Waals surface area contributed by atoms with Crippen molar-refractivity contribution < 1.29 is 19.7 Å². The number of aliphatic hydroxyl groups is 2. The van der Waals surface area contributed by atoms with Crippen LogP contribution in [-0.4, -0.2) is 115 Å². The van der Waals surface area contributed by atoms with Crippen molar-refractivity contribution in [1.29, 1.82) is 0 Å². The molecule has 2 atom stereocenters. The maximum atomic E-state index is 11.8. The highest BCUT2D eigenvalue weighted by molar-refractivity contribution is 5.68. The second-order valence-corrected chi connectivity index (χ2v) is 7.76. The van der Waals surface area contributed by atoms with Gasteiger partial charge in [0, 0.05) is 45.3 Å². The van der Waals surface area contributed by atoms with Gasteiger partial charge < -0.3 is 25.2 Å². The first-order valence-electron chi connectivity index (χ1n) is 8.98. The van der Waals surface area contributed by atoms with Gasteiger partial charge in [-0.3, -0.25) is 9.80 Å². The van der Waals surface area contributed by atoms with E-state index in [4.69, 9.17) is 9.84 Å². The minimum Gasteiger partial charge on any atom is -0.444 e. The van der Waals surface area contributed by atoms with Crippen molar-refractivity contribution >= 4 is 6.09 Å². The van der Waals surface area contributed by atoms with Crippen LogP contribution in [0, 0.1) is 0 Å². The molecule has 0 aliphatic carbocycles. The molecule has 0 aromatic heterocycles. The first-order chi connectivity index (χ1) is 11.7. The van der Waals surface area contributed by atoms with E-state index >= 15 is 0 Å². The van der Waals surface area contributed by atoms with E-state index in [0.29, 0.717) is 19.1 Å². The molecule has 3 N–H and O–H groups in total. The number of aliphatic hydroxyl groups excluding tert-OH is 2. The van der Waals surface area contributed by atoms with Crippen LogP contribution in [-0.2, 0) is 4.74 Å². The third-order valence-electron chi connectivity index (χ3n) is 4.49. The monoisotopic (exact) mass is 360 g/mol. The van der Waals surface area contributed by atoms with Crippen LogP contribution in [0.15, 0.2) is 0 Å². The smallest absolute Gasteiger partial charge is 0.410 e. The van der Waals surface area contributed by atoms with E-state index < -0.39 is 5.60 Å². The Bertz CT molecular complexity index is 403. The van der Waals surface area contributed by atoms with Crippen LogP contribution < -0.4 is 5.32 Å². The standard InChI is InChI=1S/C11H22N2O3.C6H14N2O/c1-11(2,3)16-10(15)13-6-5-12(4)9(7-13)8-14;1-8-3-2-7-4-6(8)5-9/h9,14H,5-8H2,1-4H3;6-7,9H,2-5H2,1H3/t9-;6-/m00/s1. The van der Waals surface area contributed by atoms with Gasteiger partial charge in [0.25, 0.3) is 0 Å². The first kappa shape index (κ1) is 22.1. The van der Waals surface area contributed by atoms with Crippen LogP contribution in [0.3, 0.4) is 0 Å². The molecule has 0 aromatic rings. The molecule has 0 spiro atoms. The van der Waals surface area contributed by atoms with Gasteiger partial charge in [-0.2, -0.15) is 0 Å². The largest absolute Gasteiger partial charge is 0.444 e. The summed E-state index contributed by atoms with van der Waals surface area (Å²) in [5.74, 6) is 0. The summed E-state index contributed by atoms with van der Waals surface area (Å²) >= 11 is 0. The minimum absolute atomic E-state index is 0.0151. The zero-order valence-electron chi connectivity index (χ0n) is 16.4. The Morgan fingerprint density at radius 3 is 2.16 bits per heavy atom. The zero-order valence-corrected chi connectivity index (χ0v) is 16.4. The Morgan fingerprint density at radius 1 is 1.08 bits per heavy atom. The topological polar surface area (TPSA) is 88.5 Å². The van der Waals surface area contributed by atoms with E-state index in [0.717, 1.165) is 26.2 Å². The Labute approximate surface area is 151 Å². The van der Waals surface area contributed by atoms with E-state index in [9.17, 15) is 9.90 Å². The number of nitrogens with one attached hydrogen (secondary N) is 1. The van der Waals surface area contributed by atoms with Crippen molar-refractivity contribution in [2.45, 2.75) is 38.5 Å². The molecule has 2 aliphatic rings. The van der Waals surface area contributed by atoms with Crippen molar-refractivity contribution in [2.75, 3.05) is 66.6 Å². The third kappa shape index (κ3) is 7.87. The van der Waals surface area contributed by atoms with Gasteiger partial charge in [0.2, 0.25) is 0 Å². The van der Waals surface area contributed by atoms with Crippen LogP contribution in [0.4, 0.5) is 4.79 Å². The average Bonchev–Trinajstić information content (AvgIpc) is 2.54. The fourth-order valence-electron chi connectivity index (χ4n) is 2.70. The predicted octanol–water partition coefficient (Wildman–Crippen LogP) is -0.588. The van der Waals surface area contributed by atoms with Gasteiger partial charge in [-0.1, -0.05) is 0 Å². The summed E-state index contributed by atoms with van der Waals surface area (Å²) in [6.45, 7) is 10.9. The number of amides is 1. The van der Waals surface area contributed by atoms with Gasteiger partial charge in [0.15, 0.2) is 0 Å². The fraction of sp³-hybridized carbons (Fsp3) is 0.941. The molecule has 0 saturated carbocycles. The number of carbonyl (C=O) groups is 1. The number of piperazine rings is 2. The number of rotatable bonds is 2. The number of nitrogens with zero attached hydrogens (tertiary/aromatic N) is 3. The summed E-state index contributed by atoms with van der Waals surface area (Å²) in [5.41, 5.74) is -0.463. The van der Waals surface area contributed by atoms with Crippen molar-refractivity contribution in [1.82, 2.24) is 20.0 Å². The summed E-state index contributed by atoms with van der Waals surface area (Å²) in [5, 5.41) is 21.2. The van der Waals surface area contributed by atoms with Crippen molar-refractivity contribution in [2.24, 2.45) is 0 Å². The second kappa shape index (κ2) is 10.3. The molecule has 2 fully saturated rings. The van der Waals surface area contributed by atoms with Crippen LogP contribution in [0.5, 0.6) is 0 Å². The minimum atomic E-state index is -0.463. The number of likely N-dealkylation sites (N-methyl/N-ethyl adjacent to an activating group) is 2. The van der Waals surface area contributed by atoms with Crippen molar-refractivity contribution in [3.05, 3.63) is 0 Å². The fourth-order valence-corrected chi connectivity index (χ4v) is 2.70. The Hall–Kier alpha value is -0.930. The van der Waals surface area contributed by atoms with Gasteiger partial charge in [-0.15, -0.1) is 0 Å². The third-order valence-corrected chi connectivity index (χ3v) is 4.49. The SMILES string of the molecule is CN1CCN(C(=O)OC(C)(C)C)C[C@H]1CO.CN1CCNC[C@H]1CO. The maximum Gasteiger partial charge on any atom is 0.410 e. The highest BCUT2D eigenvalue weighted by Crippen LogP contribution is 2.13. The predicted molar refractivity (Wildman–Crippen MR) is 97.7 cm³/mol. The summed E-state index contributed by atoms with van der Waals surface area (Å²) in [6.07, 6.45) is -0.293. The van der Waals surface area contributed by atoms with Gasteiger partial charge in [0.1, 0.15) is 5.60 Å². The zero-order chi connectivity index (χ0) is 19.0. The number of carbonyl (C=O) groups excluding carboxylic acids is 1. The maximum absolute atomic E-state index is 11.8. The molecule has 8 nitrogen and oxygen atoms in total. The molecule has 0 bridgehead atoms. The molecule has 0 aromatic carbocycles. The lowest BCUT2D eigenvalue weighted by Crippen LogP contribution is -2.55. The lowest BCUT2D eigenvalue weighted by atomic mass is 10.2. The van der Waals surface area contributed by atoms with Gasteiger partial charge in [-0.25, -0.2) is 4.79 Å². The summed E-state index contributed by atoms with van der Waals surface area (Å²) in [6, 6.07) is 0.347. The van der Waals surface area contributed by atoms with Gasteiger partial charge in [0.05, 0.1) is 19.3 Å². The summed E-state index contributed by atoms with van der Waals surface area (Å²) in [4.78, 5) is 17.7. The first-order valence-corrected chi connectivity index (χ1v) is 8.98. The average molecular weight is 360 g/mol. The van der Waals surface area contributed by atoms with Crippen LogP contribution in [0.2, 0.25) is 0 Å². The Kier molecular flexibility index (Phi) is 9.09. The van der Waals surface area contributed by atoms with E-state index in [1.165, 1.54) is 0 Å². The highest BCUT2D eigenvalue weighted by Gasteiger charge is 2.29. The van der Waals surface area contributed by atoms with Crippen molar-refractivity contribution in [3.8, 4) is 0 Å².